The van der Waals surface area contributed by atoms with E-state index in [0.717, 1.165) is 12.8 Å². The molecule has 0 spiro atoms. The number of nitro groups is 1. The van der Waals surface area contributed by atoms with Crippen LogP contribution in [0.4, 0.5) is 5.69 Å². The number of carbonyl (C=O) groups is 2. The molecule has 1 heterocycles. The summed E-state index contributed by atoms with van der Waals surface area (Å²) < 4.78 is 0.673. The summed E-state index contributed by atoms with van der Waals surface area (Å²) in [5, 5.41) is 13.9. The van der Waals surface area contributed by atoms with Crippen molar-refractivity contribution in [2.45, 2.75) is 45.6 Å². The molecule has 7 nitrogen and oxygen atoms in total. The molecule has 0 bridgehead atoms. The van der Waals surface area contributed by atoms with Gasteiger partial charge in [0.2, 0.25) is 5.91 Å². The summed E-state index contributed by atoms with van der Waals surface area (Å²) in [7, 11) is 0. The maximum absolute atomic E-state index is 12.5. The summed E-state index contributed by atoms with van der Waals surface area (Å²) in [6, 6.07) is 4.25. The molecular weight excluding hydrogens is 449 g/mol. The van der Waals surface area contributed by atoms with Gasteiger partial charge < -0.3 is 10.2 Å². The fraction of sp³-hybridized carbons (Fsp3) is 0.556. The van der Waals surface area contributed by atoms with Crippen molar-refractivity contribution in [3.8, 4) is 0 Å². The molecule has 0 unspecified atom stereocenters. The summed E-state index contributed by atoms with van der Waals surface area (Å²) >= 11 is 2.00. The molecule has 1 fully saturated rings. The van der Waals surface area contributed by atoms with Gasteiger partial charge in [0.15, 0.2) is 0 Å². The molecule has 0 saturated carbocycles. The molecule has 1 N–H and O–H groups in total. The molecule has 1 aliphatic rings. The van der Waals surface area contributed by atoms with Crippen LogP contribution in [-0.4, -0.2) is 40.8 Å². The number of nitrogens with zero attached hydrogens (tertiary/aromatic N) is 2. The zero-order chi connectivity index (χ0) is 19.3. The number of halogens is 1. The Hall–Kier alpha value is -1.71. The number of rotatable bonds is 6. The zero-order valence-electron chi connectivity index (χ0n) is 15.0. The lowest BCUT2D eigenvalue weighted by Gasteiger charge is -2.34. The summed E-state index contributed by atoms with van der Waals surface area (Å²) in [6.07, 6.45) is 3.08. The van der Waals surface area contributed by atoms with E-state index in [1.807, 2.05) is 41.3 Å². The summed E-state index contributed by atoms with van der Waals surface area (Å²) in [5.41, 5.74) is 0.219. The Labute approximate surface area is 166 Å². The summed E-state index contributed by atoms with van der Waals surface area (Å²) in [5.74, 6) is -0.0246. The second kappa shape index (κ2) is 9.29. The quantitative estimate of drug-likeness (QED) is 0.390. The summed E-state index contributed by atoms with van der Waals surface area (Å²) in [4.78, 5) is 37.2. The predicted molar refractivity (Wildman–Crippen MR) is 107 cm³/mol. The van der Waals surface area contributed by atoms with Crippen LogP contribution in [0.25, 0.3) is 0 Å². The van der Waals surface area contributed by atoms with Crippen molar-refractivity contribution in [3.05, 3.63) is 37.4 Å². The number of hydrogen-bond donors (Lipinski definition) is 1. The first-order valence-electron chi connectivity index (χ1n) is 8.90. The highest BCUT2D eigenvalue weighted by Crippen LogP contribution is 2.21. The van der Waals surface area contributed by atoms with Gasteiger partial charge in [0.25, 0.3) is 11.6 Å². The first-order chi connectivity index (χ1) is 12.4. The average Bonchev–Trinajstić information content (AvgIpc) is 2.63. The van der Waals surface area contributed by atoms with Gasteiger partial charge in [-0.25, -0.2) is 0 Å². The van der Waals surface area contributed by atoms with Gasteiger partial charge in [0.05, 0.1) is 10.5 Å². The second-order valence-corrected chi connectivity index (χ2v) is 7.67. The lowest BCUT2D eigenvalue weighted by Crippen LogP contribution is -2.48. The highest BCUT2D eigenvalue weighted by atomic mass is 127. The van der Waals surface area contributed by atoms with Crippen LogP contribution in [0.5, 0.6) is 0 Å². The van der Waals surface area contributed by atoms with Crippen molar-refractivity contribution in [2.24, 2.45) is 5.92 Å². The van der Waals surface area contributed by atoms with E-state index < -0.39 is 4.92 Å². The maximum Gasteiger partial charge on any atom is 0.270 e. The third-order valence-electron chi connectivity index (χ3n) is 4.88. The van der Waals surface area contributed by atoms with Crippen molar-refractivity contribution in [1.29, 1.82) is 0 Å². The number of nitro benzene ring substituents is 1. The van der Waals surface area contributed by atoms with E-state index in [-0.39, 0.29) is 29.5 Å². The largest absolute Gasteiger partial charge is 0.349 e. The van der Waals surface area contributed by atoms with Gasteiger partial charge in [0.1, 0.15) is 0 Å². The van der Waals surface area contributed by atoms with E-state index >= 15 is 0 Å². The second-order valence-electron chi connectivity index (χ2n) is 6.51. The predicted octanol–water partition coefficient (Wildman–Crippen LogP) is 3.36. The normalized spacial score (nSPS) is 15.2. The fourth-order valence-corrected chi connectivity index (χ4v) is 3.78. The lowest BCUT2D eigenvalue weighted by atomic mass is 9.98. The van der Waals surface area contributed by atoms with Crippen LogP contribution in [0.15, 0.2) is 18.2 Å². The van der Waals surface area contributed by atoms with Gasteiger partial charge in [-0.15, -0.1) is 0 Å². The van der Waals surface area contributed by atoms with Crippen LogP contribution < -0.4 is 5.32 Å². The Kier molecular flexibility index (Phi) is 7.36. The average molecular weight is 473 g/mol. The molecule has 0 radical (unpaired) electrons. The molecule has 1 aromatic rings. The molecule has 26 heavy (non-hydrogen) atoms. The monoisotopic (exact) mass is 473 g/mol. The molecule has 0 atom stereocenters. The highest BCUT2D eigenvalue weighted by molar-refractivity contribution is 14.1. The number of carbonyl (C=O) groups excluding carboxylic acids is 2. The Bertz CT molecular complexity index is 683. The van der Waals surface area contributed by atoms with Gasteiger partial charge in [-0.2, -0.15) is 0 Å². The van der Waals surface area contributed by atoms with Crippen molar-refractivity contribution < 1.29 is 14.5 Å². The van der Waals surface area contributed by atoms with Gasteiger partial charge in [0, 0.05) is 40.8 Å². The first kappa shape index (κ1) is 20.6. The standard InChI is InChI=1S/C18H24IN3O4/c1-3-12(4-2)18(24)21-9-7-13(8-10-21)20-17(23)15-11-14(22(25)26)5-6-16(15)19/h5-6,11-13H,3-4,7-10H2,1-2H3,(H,20,23). The minimum atomic E-state index is -0.505. The van der Waals surface area contributed by atoms with Gasteiger partial charge in [-0.3, -0.25) is 19.7 Å². The van der Waals surface area contributed by atoms with E-state index in [1.165, 1.54) is 12.1 Å². The lowest BCUT2D eigenvalue weighted by molar-refractivity contribution is -0.384. The fourth-order valence-electron chi connectivity index (χ4n) is 3.20. The van der Waals surface area contributed by atoms with E-state index in [4.69, 9.17) is 0 Å². The van der Waals surface area contributed by atoms with Crippen molar-refractivity contribution >= 4 is 40.1 Å². The SMILES string of the molecule is CCC(CC)C(=O)N1CCC(NC(=O)c2cc([N+](=O)[O-])ccc2I)CC1. The van der Waals surface area contributed by atoms with Crippen LogP contribution in [0, 0.1) is 19.6 Å². The summed E-state index contributed by atoms with van der Waals surface area (Å²) in [6.45, 7) is 5.32. The number of amides is 2. The van der Waals surface area contributed by atoms with E-state index in [1.54, 1.807) is 6.07 Å². The molecular formula is C18H24IN3O4. The first-order valence-corrected chi connectivity index (χ1v) is 9.98. The Morgan fingerprint density at radius 2 is 1.92 bits per heavy atom. The molecule has 1 aromatic carbocycles. The molecule has 2 rings (SSSR count). The molecule has 0 aromatic heterocycles. The van der Waals surface area contributed by atoms with Crippen molar-refractivity contribution in [2.75, 3.05) is 13.1 Å². The van der Waals surface area contributed by atoms with Crippen molar-refractivity contribution in [1.82, 2.24) is 10.2 Å². The third-order valence-corrected chi connectivity index (χ3v) is 5.82. The number of benzene rings is 1. The van der Waals surface area contributed by atoms with Crippen LogP contribution in [0.2, 0.25) is 0 Å². The third kappa shape index (κ3) is 4.93. The van der Waals surface area contributed by atoms with Gasteiger partial charge >= 0.3 is 0 Å². The van der Waals surface area contributed by atoms with Crippen molar-refractivity contribution in [3.63, 3.8) is 0 Å². The van der Waals surface area contributed by atoms with Crippen LogP contribution in [0.1, 0.15) is 49.9 Å². The number of non-ortho nitro benzene ring substituents is 1. The Morgan fingerprint density at radius 3 is 2.46 bits per heavy atom. The number of nitrogens with one attached hydrogen (secondary N) is 1. The van der Waals surface area contributed by atoms with E-state index in [2.05, 4.69) is 5.32 Å². The van der Waals surface area contributed by atoms with Crippen LogP contribution >= 0.6 is 22.6 Å². The number of likely N-dealkylation sites (tertiary alicyclic amines) is 1. The van der Waals surface area contributed by atoms with Crippen LogP contribution in [0.3, 0.4) is 0 Å². The Balaban J connectivity index is 1.95. The highest BCUT2D eigenvalue weighted by Gasteiger charge is 2.27. The van der Waals surface area contributed by atoms with Gasteiger partial charge in [-0.05, 0) is 54.3 Å². The molecule has 8 heteroatoms. The molecule has 1 aliphatic heterocycles. The molecule has 0 aliphatic carbocycles. The minimum absolute atomic E-state index is 0.0247. The molecule has 1 saturated heterocycles. The van der Waals surface area contributed by atoms with E-state index in [0.29, 0.717) is 35.1 Å². The topological polar surface area (TPSA) is 92.6 Å². The molecule has 2 amide bonds. The Morgan fingerprint density at radius 1 is 1.31 bits per heavy atom. The maximum atomic E-state index is 12.5. The van der Waals surface area contributed by atoms with Crippen LogP contribution in [-0.2, 0) is 4.79 Å². The smallest absolute Gasteiger partial charge is 0.270 e. The minimum Gasteiger partial charge on any atom is -0.349 e. The van der Waals surface area contributed by atoms with Gasteiger partial charge in [-0.1, -0.05) is 13.8 Å². The zero-order valence-corrected chi connectivity index (χ0v) is 17.2. The number of piperidine rings is 1. The number of hydrogen-bond acceptors (Lipinski definition) is 4. The molecule has 142 valence electrons. The van der Waals surface area contributed by atoms with E-state index in [9.17, 15) is 19.7 Å².